The molecule has 2 aliphatic carbocycles. The van der Waals surface area contributed by atoms with Crippen molar-refractivity contribution < 1.29 is 0 Å². The van der Waals surface area contributed by atoms with Gasteiger partial charge in [0, 0.05) is 16.6 Å². The molecular weight excluding hydrogens is 286 g/mol. The maximum Gasteiger partial charge on any atom is 0.0210 e. The van der Waals surface area contributed by atoms with Crippen LogP contribution >= 0.6 is 15.9 Å². The summed E-state index contributed by atoms with van der Waals surface area (Å²) in [4.78, 5) is 0. The van der Waals surface area contributed by atoms with E-state index < -0.39 is 0 Å². The molecule has 0 spiro atoms. The highest BCUT2D eigenvalue weighted by atomic mass is 79.9. The lowest BCUT2D eigenvalue weighted by molar-refractivity contribution is 0.261. The second kappa shape index (κ2) is 5.34. The standard InChI is InChI=1S/C16H22BrN/c1-11(8-12-6-7-12)18-14-9-13(10-14)15-4-2-3-5-16(15)17/h2-5,11-14,18H,6-10H2,1H3. The second-order valence-corrected chi connectivity index (χ2v) is 6.99. The minimum atomic E-state index is 0.711. The fraction of sp³-hybridized carbons (Fsp3) is 0.625. The molecule has 0 aromatic heterocycles. The summed E-state index contributed by atoms with van der Waals surface area (Å²) < 4.78 is 1.28. The highest BCUT2D eigenvalue weighted by Gasteiger charge is 2.33. The molecule has 0 aliphatic heterocycles. The van der Waals surface area contributed by atoms with E-state index in [1.165, 1.54) is 42.1 Å². The molecule has 98 valence electrons. The quantitative estimate of drug-likeness (QED) is 0.846. The molecule has 18 heavy (non-hydrogen) atoms. The van der Waals surface area contributed by atoms with Crippen LogP contribution < -0.4 is 5.32 Å². The van der Waals surface area contributed by atoms with Gasteiger partial charge >= 0.3 is 0 Å². The molecule has 2 saturated carbocycles. The van der Waals surface area contributed by atoms with Crippen molar-refractivity contribution in [3.05, 3.63) is 34.3 Å². The number of halogens is 1. The highest BCUT2D eigenvalue weighted by Crippen LogP contribution is 2.40. The van der Waals surface area contributed by atoms with Crippen LogP contribution in [0, 0.1) is 5.92 Å². The maximum atomic E-state index is 3.79. The van der Waals surface area contributed by atoms with Gasteiger partial charge in [-0.15, -0.1) is 0 Å². The van der Waals surface area contributed by atoms with Crippen LogP contribution in [0.5, 0.6) is 0 Å². The highest BCUT2D eigenvalue weighted by molar-refractivity contribution is 9.10. The number of benzene rings is 1. The Labute approximate surface area is 118 Å². The average Bonchev–Trinajstić information content (AvgIpc) is 3.08. The molecule has 0 radical (unpaired) electrons. The molecule has 1 unspecified atom stereocenters. The van der Waals surface area contributed by atoms with Crippen molar-refractivity contribution in [3.8, 4) is 0 Å². The van der Waals surface area contributed by atoms with Gasteiger partial charge in [-0.25, -0.2) is 0 Å². The van der Waals surface area contributed by atoms with Crippen LogP contribution in [0.15, 0.2) is 28.7 Å². The summed E-state index contributed by atoms with van der Waals surface area (Å²) in [7, 11) is 0. The average molecular weight is 308 g/mol. The van der Waals surface area contributed by atoms with Crippen molar-refractivity contribution >= 4 is 15.9 Å². The lowest BCUT2D eigenvalue weighted by atomic mass is 9.75. The molecule has 2 aliphatic rings. The normalized spacial score (nSPS) is 28.8. The van der Waals surface area contributed by atoms with Gasteiger partial charge in [-0.2, -0.15) is 0 Å². The zero-order valence-corrected chi connectivity index (χ0v) is 12.6. The van der Waals surface area contributed by atoms with Gasteiger partial charge in [0.1, 0.15) is 0 Å². The summed E-state index contributed by atoms with van der Waals surface area (Å²) in [5.74, 6) is 1.79. The van der Waals surface area contributed by atoms with Crippen LogP contribution in [0.3, 0.4) is 0 Å². The Balaban J connectivity index is 1.46. The minimum absolute atomic E-state index is 0.711. The molecule has 1 nitrogen and oxygen atoms in total. The molecule has 2 heteroatoms. The SMILES string of the molecule is CC(CC1CC1)NC1CC(c2ccccc2Br)C1. The summed E-state index contributed by atoms with van der Waals surface area (Å²) in [6, 6.07) is 10.1. The first-order chi connectivity index (χ1) is 8.72. The predicted molar refractivity (Wildman–Crippen MR) is 79.8 cm³/mol. The zero-order valence-electron chi connectivity index (χ0n) is 11.0. The number of hydrogen-bond acceptors (Lipinski definition) is 1. The van der Waals surface area contributed by atoms with Crippen molar-refractivity contribution in [2.75, 3.05) is 0 Å². The van der Waals surface area contributed by atoms with Gasteiger partial charge in [0.25, 0.3) is 0 Å². The lowest BCUT2D eigenvalue weighted by Crippen LogP contribution is -2.44. The van der Waals surface area contributed by atoms with Crippen LogP contribution in [0.25, 0.3) is 0 Å². The Morgan fingerprint density at radius 3 is 2.67 bits per heavy atom. The molecule has 1 aromatic rings. The molecule has 1 aromatic carbocycles. The summed E-state index contributed by atoms with van der Waals surface area (Å²) in [6.45, 7) is 2.35. The van der Waals surface area contributed by atoms with E-state index in [1.54, 1.807) is 0 Å². The van der Waals surface area contributed by atoms with E-state index in [9.17, 15) is 0 Å². The first-order valence-corrected chi connectivity index (χ1v) is 8.02. The topological polar surface area (TPSA) is 12.0 Å². The Hall–Kier alpha value is -0.340. The molecule has 1 N–H and O–H groups in total. The molecule has 0 bridgehead atoms. The number of hydrogen-bond donors (Lipinski definition) is 1. The first kappa shape index (κ1) is 12.7. The first-order valence-electron chi connectivity index (χ1n) is 7.23. The molecule has 0 saturated heterocycles. The van der Waals surface area contributed by atoms with E-state index in [2.05, 4.69) is 52.4 Å². The van der Waals surface area contributed by atoms with Crippen LogP contribution in [0.1, 0.15) is 50.5 Å². The second-order valence-electron chi connectivity index (χ2n) is 6.13. The molecular formula is C16H22BrN. The Morgan fingerprint density at radius 2 is 2.00 bits per heavy atom. The lowest BCUT2D eigenvalue weighted by Gasteiger charge is -2.38. The van der Waals surface area contributed by atoms with Gasteiger partial charge < -0.3 is 5.32 Å². The summed E-state index contributed by atoms with van der Waals surface area (Å²) in [6.07, 6.45) is 6.93. The van der Waals surface area contributed by atoms with Crippen molar-refractivity contribution in [3.63, 3.8) is 0 Å². The molecule has 1 atom stereocenters. The molecule has 2 fully saturated rings. The van der Waals surface area contributed by atoms with Crippen molar-refractivity contribution in [2.45, 2.75) is 57.0 Å². The Kier molecular flexibility index (Phi) is 3.76. The van der Waals surface area contributed by atoms with E-state index in [0.717, 1.165) is 17.9 Å². The van der Waals surface area contributed by atoms with E-state index in [1.807, 2.05) is 0 Å². The fourth-order valence-electron chi connectivity index (χ4n) is 3.14. The molecule has 0 amide bonds. The van der Waals surface area contributed by atoms with Gasteiger partial charge in [-0.3, -0.25) is 0 Å². The van der Waals surface area contributed by atoms with Gasteiger partial charge in [0.05, 0.1) is 0 Å². The van der Waals surface area contributed by atoms with Crippen LogP contribution in [-0.2, 0) is 0 Å². The number of nitrogens with one attached hydrogen (secondary N) is 1. The fourth-order valence-corrected chi connectivity index (χ4v) is 3.75. The molecule has 3 rings (SSSR count). The van der Waals surface area contributed by atoms with Crippen molar-refractivity contribution in [1.29, 1.82) is 0 Å². The summed E-state index contributed by atoms with van der Waals surface area (Å²) in [5, 5.41) is 3.79. The minimum Gasteiger partial charge on any atom is -0.311 e. The molecule has 0 heterocycles. The van der Waals surface area contributed by atoms with Gasteiger partial charge in [0.2, 0.25) is 0 Å². The van der Waals surface area contributed by atoms with Crippen LogP contribution in [0.2, 0.25) is 0 Å². The Morgan fingerprint density at radius 1 is 1.28 bits per heavy atom. The van der Waals surface area contributed by atoms with Crippen LogP contribution in [0.4, 0.5) is 0 Å². The van der Waals surface area contributed by atoms with E-state index in [0.29, 0.717) is 6.04 Å². The third-order valence-electron chi connectivity index (χ3n) is 4.39. The van der Waals surface area contributed by atoms with E-state index >= 15 is 0 Å². The smallest absolute Gasteiger partial charge is 0.0210 e. The third-order valence-corrected chi connectivity index (χ3v) is 5.11. The largest absolute Gasteiger partial charge is 0.311 e. The zero-order chi connectivity index (χ0) is 12.5. The van der Waals surface area contributed by atoms with Gasteiger partial charge in [0.15, 0.2) is 0 Å². The maximum absolute atomic E-state index is 3.79. The Bertz CT molecular complexity index is 407. The van der Waals surface area contributed by atoms with Gasteiger partial charge in [-0.1, -0.05) is 47.0 Å². The summed E-state index contributed by atoms with van der Waals surface area (Å²) in [5.41, 5.74) is 1.49. The van der Waals surface area contributed by atoms with E-state index in [-0.39, 0.29) is 0 Å². The number of rotatable bonds is 5. The van der Waals surface area contributed by atoms with Crippen LogP contribution in [-0.4, -0.2) is 12.1 Å². The van der Waals surface area contributed by atoms with E-state index in [4.69, 9.17) is 0 Å². The monoisotopic (exact) mass is 307 g/mol. The summed E-state index contributed by atoms with van der Waals surface area (Å²) >= 11 is 3.66. The van der Waals surface area contributed by atoms with Gasteiger partial charge in [-0.05, 0) is 49.7 Å². The third kappa shape index (κ3) is 2.97. The van der Waals surface area contributed by atoms with Crippen molar-refractivity contribution in [2.24, 2.45) is 5.92 Å². The van der Waals surface area contributed by atoms with Crippen molar-refractivity contribution in [1.82, 2.24) is 5.32 Å². The predicted octanol–water partition coefficient (Wildman–Crippen LogP) is 4.47.